The highest BCUT2D eigenvalue weighted by Gasteiger charge is 2.43. The number of benzene rings is 3. The van der Waals surface area contributed by atoms with E-state index in [9.17, 15) is 14.0 Å². The summed E-state index contributed by atoms with van der Waals surface area (Å²) in [6.45, 7) is 3.21. The van der Waals surface area contributed by atoms with Crippen LogP contribution in [-0.2, 0) is 16.1 Å². The monoisotopic (exact) mass is 667 g/mol. The van der Waals surface area contributed by atoms with Gasteiger partial charge in [0.1, 0.15) is 41.3 Å². The number of fused-ring (bicyclic) bond motifs is 2. The number of methoxy groups -OCH3 is 1. The zero-order chi connectivity index (χ0) is 32.4. The number of hydrogen-bond donors (Lipinski definition) is 1. The Labute approximate surface area is 278 Å². The van der Waals surface area contributed by atoms with Crippen LogP contribution in [0.15, 0.2) is 66.2 Å². The molecule has 242 valence electrons. The number of halogens is 3. The summed E-state index contributed by atoms with van der Waals surface area (Å²) >= 11 is 12.3. The maximum atomic E-state index is 14.9. The number of nitrogens with one attached hydrogen (secondary N) is 1. The van der Waals surface area contributed by atoms with Crippen molar-refractivity contribution in [2.75, 3.05) is 33.4 Å². The van der Waals surface area contributed by atoms with Crippen molar-refractivity contribution in [2.45, 2.75) is 50.9 Å². The lowest BCUT2D eigenvalue weighted by molar-refractivity contribution is -0.132. The highest BCUT2D eigenvalue weighted by atomic mass is 35.5. The van der Waals surface area contributed by atoms with Crippen LogP contribution in [-0.4, -0.2) is 73.2 Å². The van der Waals surface area contributed by atoms with Crippen molar-refractivity contribution >= 4 is 40.6 Å². The summed E-state index contributed by atoms with van der Waals surface area (Å²) in [6, 6.07) is 17.2. The number of piperazine rings is 1. The molecule has 1 N–H and O–H groups in total. The molecule has 2 heterocycles. The third-order valence-corrected chi connectivity index (χ3v) is 9.45. The molecule has 2 bridgehead atoms. The maximum absolute atomic E-state index is 14.9. The first-order valence-corrected chi connectivity index (χ1v) is 16.2. The van der Waals surface area contributed by atoms with Gasteiger partial charge in [-0.3, -0.25) is 9.59 Å². The molecule has 1 saturated heterocycles. The lowest BCUT2D eigenvalue weighted by atomic mass is 9.82. The second-order valence-corrected chi connectivity index (χ2v) is 12.6. The first-order chi connectivity index (χ1) is 22.2. The zero-order valence-electron chi connectivity index (χ0n) is 25.7. The van der Waals surface area contributed by atoms with Crippen molar-refractivity contribution in [2.24, 2.45) is 0 Å². The number of rotatable bonds is 11. The number of ether oxygens (including phenoxy) is 3. The number of carbonyl (C=O) groups is 2. The van der Waals surface area contributed by atoms with Gasteiger partial charge in [0, 0.05) is 49.8 Å². The lowest BCUT2D eigenvalue weighted by Gasteiger charge is -2.44. The topological polar surface area (TPSA) is 80.3 Å². The molecule has 6 rings (SSSR count). The van der Waals surface area contributed by atoms with E-state index >= 15 is 0 Å². The minimum Gasteiger partial charge on any atom is -0.497 e. The smallest absolute Gasteiger partial charge is 0.252 e. The Kier molecular flexibility index (Phi) is 9.73. The molecule has 2 amide bonds. The number of amides is 2. The van der Waals surface area contributed by atoms with Crippen molar-refractivity contribution in [3.05, 3.63) is 93.2 Å². The van der Waals surface area contributed by atoms with Crippen molar-refractivity contribution < 1.29 is 28.2 Å². The van der Waals surface area contributed by atoms with E-state index in [0.29, 0.717) is 64.5 Å². The third-order valence-electron chi connectivity index (χ3n) is 8.65. The maximum Gasteiger partial charge on any atom is 0.252 e. The largest absolute Gasteiger partial charge is 0.497 e. The molecule has 46 heavy (non-hydrogen) atoms. The minimum atomic E-state index is -0.382. The summed E-state index contributed by atoms with van der Waals surface area (Å²) in [5.74, 6) is 1.14. The Bertz CT molecular complexity index is 1650. The van der Waals surface area contributed by atoms with Gasteiger partial charge in [-0.15, -0.1) is 0 Å². The van der Waals surface area contributed by atoms with Gasteiger partial charge in [-0.1, -0.05) is 41.4 Å². The molecule has 8 nitrogen and oxygen atoms in total. The van der Waals surface area contributed by atoms with E-state index < -0.39 is 0 Å². The molecular formula is C35H36Cl2FN3O5. The fraction of sp³-hybridized carbons (Fsp3) is 0.371. The minimum absolute atomic E-state index is 0.00536. The number of nitrogens with zero attached hydrogens (tertiary/aromatic N) is 2. The van der Waals surface area contributed by atoms with Crippen LogP contribution in [0.1, 0.15) is 37.3 Å². The van der Waals surface area contributed by atoms with E-state index in [2.05, 4.69) is 5.32 Å². The Morgan fingerprint density at radius 2 is 1.74 bits per heavy atom. The molecule has 3 aromatic carbocycles. The van der Waals surface area contributed by atoms with Crippen LogP contribution in [0, 0.1) is 5.82 Å². The van der Waals surface area contributed by atoms with Gasteiger partial charge < -0.3 is 29.3 Å². The lowest BCUT2D eigenvalue weighted by Crippen LogP contribution is -2.61. The molecule has 0 aromatic heterocycles. The summed E-state index contributed by atoms with van der Waals surface area (Å²) in [5.41, 5.74) is 2.87. The highest BCUT2D eigenvalue weighted by molar-refractivity contribution is 6.42. The Hall–Kier alpha value is -3.79. The average molecular weight is 669 g/mol. The fourth-order valence-corrected chi connectivity index (χ4v) is 6.52. The first kappa shape index (κ1) is 32.2. The average Bonchev–Trinajstić information content (AvgIpc) is 3.90. The van der Waals surface area contributed by atoms with E-state index in [1.165, 1.54) is 13.2 Å². The van der Waals surface area contributed by atoms with E-state index in [-0.39, 0.29) is 48.9 Å². The molecule has 2 fully saturated rings. The van der Waals surface area contributed by atoms with Crippen molar-refractivity contribution in [3.63, 3.8) is 0 Å². The molecule has 1 aliphatic carbocycles. The summed E-state index contributed by atoms with van der Waals surface area (Å²) < 4.78 is 31.9. The van der Waals surface area contributed by atoms with Crippen molar-refractivity contribution in [1.82, 2.24) is 15.1 Å². The van der Waals surface area contributed by atoms with Gasteiger partial charge in [0.25, 0.3) is 5.91 Å². The van der Waals surface area contributed by atoms with Crippen LogP contribution < -0.4 is 19.5 Å². The summed E-state index contributed by atoms with van der Waals surface area (Å²) in [7, 11) is 1.53. The molecule has 0 radical (unpaired) electrons. The molecule has 0 spiro atoms. The van der Waals surface area contributed by atoms with Crippen LogP contribution >= 0.6 is 23.2 Å². The SMILES string of the molecule is COc1ccc(F)c(CN(C(=O)C2=C(c3ccc(OCCOc4cccc(Cl)c4Cl)cc3)CC3CN(C(C)=O)CC2N3)C2CC2)c1. The van der Waals surface area contributed by atoms with E-state index in [4.69, 9.17) is 37.4 Å². The van der Waals surface area contributed by atoms with Crippen LogP contribution in [0.25, 0.3) is 5.57 Å². The second-order valence-electron chi connectivity index (χ2n) is 11.8. The van der Waals surface area contributed by atoms with Crippen molar-refractivity contribution in [1.29, 1.82) is 0 Å². The zero-order valence-corrected chi connectivity index (χ0v) is 27.2. The molecule has 2 unspecified atom stereocenters. The standard InChI is InChI=1S/C35H36Cl2FN3O5/c1-21(42)40-19-24-17-28(22-6-10-26(11-7-22)45-14-15-46-32-5-3-4-29(36)34(32)37)33(31(20-40)39-24)35(43)41(25-8-9-25)18-23-16-27(44-2)12-13-30(23)38/h3-7,10-13,16,24-25,31,39H,8-9,14-15,17-20H2,1-2H3. The summed E-state index contributed by atoms with van der Waals surface area (Å²) in [4.78, 5) is 30.5. The van der Waals surface area contributed by atoms with Gasteiger partial charge >= 0.3 is 0 Å². The molecule has 11 heteroatoms. The third kappa shape index (κ3) is 7.12. The van der Waals surface area contributed by atoms with Crippen LogP contribution in [0.4, 0.5) is 4.39 Å². The molecule has 3 aromatic rings. The molecule has 2 atom stereocenters. The number of carbonyl (C=O) groups excluding carboxylic acids is 2. The van der Waals surface area contributed by atoms with E-state index in [0.717, 1.165) is 24.0 Å². The van der Waals surface area contributed by atoms with Gasteiger partial charge in [0.2, 0.25) is 5.91 Å². The van der Waals surface area contributed by atoms with Gasteiger partial charge in [-0.25, -0.2) is 4.39 Å². The molecule has 1 saturated carbocycles. The van der Waals surface area contributed by atoms with Gasteiger partial charge in [0.05, 0.1) is 18.2 Å². The number of hydrogen-bond acceptors (Lipinski definition) is 6. The van der Waals surface area contributed by atoms with Crippen LogP contribution in [0.3, 0.4) is 0 Å². The van der Waals surface area contributed by atoms with Crippen molar-refractivity contribution in [3.8, 4) is 17.2 Å². The van der Waals surface area contributed by atoms with Gasteiger partial charge in [0.15, 0.2) is 0 Å². The quantitative estimate of drug-likeness (QED) is 0.248. The predicted octanol–water partition coefficient (Wildman–Crippen LogP) is 6.14. The predicted molar refractivity (Wildman–Crippen MR) is 175 cm³/mol. The highest BCUT2D eigenvalue weighted by Crippen LogP contribution is 2.38. The van der Waals surface area contributed by atoms with Gasteiger partial charge in [-0.2, -0.15) is 0 Å². The normalized spacial score (nSPS) is 19.1. The summed E-state index contributed by atoms with van der Waals surface area (Å²) in [5, 5.41) is 4.38. The summed E-state index contributed by atoms with van der Waals surface area (Å²) in [6.07, 6.45) is 2.29. The fourth-order valence-electron chi connectivity index (χ4n) is 6.17. The first-order valence-electron chi connectivity index (χ1n) is 15.4. The van der Waals surface area contributed by atoms with Crippen LogP contribution in [0.2, 0.25) is 10.0 Å². The molecule has 3 aliphatic rings. The Morgan fingerprint density at radius 3 is 2.46 bits per heavy atom. The Morgan fingerprint density at radius 1 is 1.00 bits per heavy atom. The molecule has 2 aliphatic heterocycles. The van der Waals surface area contributed by atoms with Gasteiger partial charge in [-0.05, 0) is 72.9 Å². The van der Waals surface area contributed by atoms with E-state index in [1.54, 1.807) is 47.1 Å². The second kappa shape index (κ2) is 13.9. The molecular weight excluding hydrogens is 632 g/mol. The van der Waals surface area contributed by atoms with Crippen LogP contribution in [0.5, 0.6) is 17.2 Å². The Balaban J connectivity index is 1.24. The van der Waals surface area contributed by atoms with E-state index in [1.807, 2.05) is 24.3 Å².